The van der Waals surface area contributed by atoms with Gasteiger partial charge in [0.1, 0.15) is 11.5 Å². The Kier molecular flexibility index (Phi) is 4.62. The van der Waals surface area contributed by atoms with Crippen LogP contribution in [0.15, 0.2) is 78.9 Å². The van der Waals surface area contributed by atoms with Crippen molar-refractivity contribution in [1.29, 1.82) is 0 Å². The molecule has 2 nitrogen and oxygen atoms in total. The van der Waals surface area contributed by atoms with Crippen molar-refractivity contribution in [2.24, 2.45) is 0 Å². The third kappa shape index (κ3) is 3.07. The Morgan fingerprint density at radius 1 is 0.565 bits per heavy atom. The quantitative estimate of drug-likeness (QED) is 0.635. The number of para-hydroxylation sites is 2. The van der Waals surface area contributed by atoms with E-state index in [4.69, 9.17) is 9.47 Å². The van der Waals surface area contributed by atoms with Crippen LogP contribution in [-0.4, -0.2) is 14.2 Å². The van der Waals surface area contributed by atoms with Crippen molar-refractivity contribution >= 4 is 0 Å². The molecule has 3 aromatic rings. The number of hydrogen-bond acceptors (Lipinski definition) is 2. The zero-order chi connectivity index (χ0) is 16.1. The first kappa shape index (κ1) is 15.2. The fraction of sp³-hybridized carbons (Fsp3) is 0.0952. The number of benzene rings is 3. The maximum atomic E-state index is 5.58. The summed E-state index contributed by atoms with van der Waals surface area (Å²) in [5, 5.41) is 0. The molecule has 1 radical (unpaired) electrons. The number of methoxy groups -OCH3 is 2. The maximum absolute atomic E-state index is 5.58. The molecule has 3 aromatic carbocycles. The molecule has 0 aliphatic heterocycles. The standard InChI is InChI=1S/C21H19O2/c1-22-19-14-8-6-12-17(19)21(16-10-4-3-5-11-16)18-13-7-9-15-20(18)23-2/h3-15H,1-2H3. The SMILES string of the molecule is COc1ccccc1[C](c1ccccc1)c1ccccc1OC. The molecular formula is C21H19O2. The van der Waals surface area contributed by atoms with Gasteiger partial charge in [0.25, 0.3) is 0 Å². The van der Waals surface area contributed by atoms with E-state index in [1.807, 2.05) is 54.6 Å². The van der Waals surface area contributed by atoms with Gasteiger partial charge in [0.15, 0.2) is 0 Å². The molecule has 0 unspecified atom stereocenters. The molecule has 0 aliphatic carbocycles. The highest BCUT2D eigenvalue weighted by Gasteiger charge is 2.23. The van der Waals surface area contributed by atoms with E-state index in [-0.39, 0.29) is 0 Å². The van der Waals surface area contributed by atoms with E-state index in [2.05, 4.69) is 24.3 Å². The summed E-state index contributed by atoms with van der Waals surface area (Å²) >= 11 is 0. The Balaban J connectivity index is 2.23. The normalized spacial score (nSPS) is 10.6. The van der Waals surface area contributed by atoms with Crippen molar-refractivity contribution in [2.45, 2.75) is 0 Å². The molecular weight excluding hydrogens is 284 g/mol. The monoisotopic (exact) mass is 303 g/mol. The fourth-order valence-corrected chi connectivity index (χ4v) is 2.76. The fourth-order valence-electron chi connectivity index (χ4n) is 2.76. The lowest BCUT2D eigenvalue weighted by atomic mass is 9.84. The Bertz CT molecular complexity index is 718. The molecule has 23 heavy (non-hydrogen) atoms. The third-order valence-electron chi connectivity index (χ3n) is 3.82. The molecule has 0 amide bonds. The van der Waals surface area contributed by atoms with Crippen molar-refractivity contribution in [1.82, 2.24) is 0 Å². The lowest BCUT2D eigenvalue weighted by Crippen LogP contribution is -2.08. The van der Waals surface area contributed by atoms with E-state index in [0.29, 0.717) is 0 Å². The van der Waals surface area contributed by atoms with Crippen LogP contribution >= 0.6 is 0 Å². The summed E-state index contributed by atoms with van der Waals surface area (Å²) in [4.78, 5) is 0. The number of hydrogen-bond donors (Lipinski definition) is 0. The maximum Gasteiger partial charge on any atom is 0.123 e. The van der Waals surface area contributed by atoms with Crippen LogP contribution in [0.5, 0.6) is 11.5 Å². The molecule has 2 heteroatoms. The van der Waals surface area contributed by atoms with Crippen molar-refractivity contribution in [2.75, 3.05) is 14.2 Å². The predicted molar refractivity (Wildman–Crippen MR) is 93.0 cm³/mol. The number of rotatable bonds is 5. The molecule has 0 bridgehead atoms. The van der Waals surface area contributed by atoms with E-state index in [9.17, 15) is 0 Å². The summed E-state index contributed by atoms with van der Waals surface area (Å²) in [6, 6.07) is 26.4. The molecule has 3 rings (SSSR count). The summed E-state index contributed by atoms with van der Waals surface area (Å²) in [6.45, 7) is 0. The van der Waals surface area contributed by atoms with Crippen LogP contribution in [-0.2, 0) is 0 Å². The predicted octanol–water partition coefficient (Wildman–Crippen LogP) is 4.72. The molecule has 0 aromatic heterocycles. The lowest BCUT2D eigenvalue weighted by molar-refractivity contribution is 0.407. The molecule has 0 heterocycles. The van der Waals surface area contributed by atoms with E-state index in [1.54, 1.807) is 14.2 Å². The first-order valence-electron chi connectivity index (χ1n) is 7.54. The van der Waals surface area contributed by atoms with E-state index in [1.165, 1.54) is 0 Å². The average molecular weight is 303 g/mol. The van der Waals surface area contributed by atoms with Crippen molar-refractivity contribution < 1.29 is 9.47 Å². The molecule has 0 saturated heterocycles. The van der Waals surface area contributed by atoms with Gasteiger partial charge in [0, 0.05) is 11.1 Å². The second-order valence-corrected chi connectivity index (χ2v) is 5.14. The molecule has 0 aliphatic rings. The van der Waals surface area contributed by atoms with Gasteiger partial charge in [-0.3, -0.25) is 0 Å². The Morgan fingerprint density at radius 3 is 1.48 bits per heavy atom. The topological polar surface area (TPSA) is 18.5 Å². The van der Waals surface area contributed by atoms with Crippen molar-refractivity contribution in [3.63, 3.8) is 0 Å². The molecule has 0 atom stereocenters. The summed E-state index contributed by atoms with van der Waals surface area (Å²) in [6.07, 6.45) is 0. The summed E-state index contributed by atoms with van der Waals surface area (Å²) in [7, 11) is 3.40. The van der Waals surface area contributed by atoms with Gasteiger partial charge < -0.3 is 9.47 Å². The minimum atomic E-state index is 0.845. The van der Waals surface area contributed by atoms with E-state index < -0.39 is 0 Å². The van der Waals surface area contributed by atoms with Crippen LogP contribution in [0.2, 0.25) is 0 Å². The number of ether oxygens (including phenoxy) is 2. The van der Waals surface area contributed by atoms with Crippen LogP contribution < -0.4 is 9.47 Å². The second kappa shape index (κ2) is 7.01. The summed E-state index contributed by atoms with van der Waals surface area (Å²) in [5.74, 6) is 2.79. The van der Waals surface area contributed by atoms with Gasteiger partial charge in [-0.25, -0.2) is 0 Å². The minimum Gasteiger partial charge on any atom is -0.496 e. The van der Waals surface area contributed by atoms with Crippen LogP contribution in [0.4, 0.5) is 0 Å². The van der Waals surface area contributed by atoms with E-state index in [0.717, 1.165) is 34.1 Å². The van der Waals surface area contributed by atoms with E-state index >= 15 is 0 Å². The van der Waals surface area contributed by atoms with Crippen LogP contribution in [0, 0.1) is 5.92 Å². The van der Waals surface area contributed by atoms with Crippen LogP contribution in [0.1, 0.15) is 16.7 Å². The first-order chi connectivity index (χ1) is 11.3. The van der Waals surface area contributed by atoms with Gasteiger partial charge in [-0.2, -0.15) is 0 Å². The molecule has 115 valence electrons. The van der Waals surface area contributed by atoms with Gasteiger partial charge >= 0.3 is 0 Å². The highest BCUT2D eigenvalue weighted by Crippen LogP contribution is 2.39. The van der Waals surface area contributed by atoms with Gasteiger partial charge in [0.05, 0.1) is 20.1 Å². The zero-order valence-corrected chi connectivity index (χ0v) is 13.3. The molecule has 0 saturated carbocycles. The highest BCUT2D eigenvalue weighted by atomic mass is 16.5. The molecule has 0 N–H and O–H groups in total. The minimum absolute atomic E-state index is 0.845. The van der Waals surface area contributed by atoms with Gasteiger partial charge in [0.2, 0.25) is 0 Å². The molecule has 0 spiro atoms. The Hall–Kier alpha value is -2.74. The zero-order valence-electron chi connectivity index (χ0n) is 13.3. The highest BCUT2D eigenvalue weighted by molar-refractivity contribution is 5.64. The van der Waals surface area contributed by atoms with Crippen LogP contribution in [0.3, 0.4) is 0 Å². The first-order valence-corrected chi connectivity index (χ1v) is 7.54. The lowest BCUT2D eigenvalue weighted by Gasteiger charge is -2.22. The Labute approximate surface area is 137 Å². The Morgan fingerprint density at radius 2 is 1.00 bits per heavy atom. The third-order valence-corrected chi connectivity index (χ3v) is 3.82. The summed E-state index contributed by atoms with van der Waals surface area (Å²) < 4.78 is 11.2. The van der Waals surface area contributed by atoms with Gasteiger partial charge in [-0.15, -0.1) is 0 Å². The molecule has 0 fully saturated rings. The average Bonchev–Trinajstić information content (AvgIpc) is 2.64. The second-order valence-electron chi connectivity index (χ2n) is 5.14. The van der Waals surface area contributed by atoms with Gasteiger partial charge in [-0.1, -0.05) is 66.7 Å². The summed E-state index contributed by atoms with van der Waals surface area (Å²) in [5.41, 5.74) is 3.22. The van der Waals surface area contributed by atoms with Gasteiger partial charge in [-0.05, 0) is 17.7 Å². The van der Waals surface area contributed by atoms with Crippen molar-refractivity contribution in [3.8, 4) is 11.5 Å². The smallest absolute Gasteiger partial charge is 0.123 e. The van der Waals surface area contributed by atoms with Crippen molar-refractivity contribution in [3.05, 3.63) is 101 Å². The van der Waals surface area contributed by atoms with Crippen LogP contribution in [0.25, 0.3) is 0 Å². The largest absolute Gasteiger partial charge is 0.496 e.